The summed E-state index contributed by atoms with van der Waals surface area (Å²) < 4.78 is 39.3. The number of carbonyl (C=O) groups is 2. The highest BCUT2D eigenvalue weighted by molar-refractivity contribution is 7.89. The summed E-state index contributed by atoms with van der Waals surface area (Å²) in [5.74, 6) is 0.306. The van der Waals surface area contributed by atoms with Gasteiger partial charge >= 0.3 is 0 Å². The minimum atomic E-state index is -3.97. The number of fused-ring (bicyclic) bond motifs is 1. The second-order valence-electron chi connectivity index (χ2n) is 8.17. The molecule has 2 heterocycles. The summed E-state index contributed by atoms with van der Waals surface area (Å²) in [5.41, 5.74) is 1.70. The molecule has 0 bridgehead atoms. The van der Waals surface area contributed by atoms with Crippen molar-refractivity contribution in [3.63, 3.8) is 0 Å². The van der Waals surface area contributed by atoms with Gasteiger partial charge in [0.2, 0.25) is 15.9 Å². The number of hydrogen-bond donors (Lipinski definition) is 2. The van der Waals surface area contributed by atoms with Crippen LogP contribution >= 0.6 is 0 Å². The average Bonchev–Trinajstić information content (AvgIpc) is 3.29. The van der Waals surface area contributed by atoms with E-state index in [-0.39, 0.29) is 29.8 Å². The smallest absolute Gasteiger partial charge is 0.265 e. The molecule has 4 rings (SSSR count). The molecule has 0 unspecified atom stereocenters. The number of sulfonamides is 1. The number of carbonyl (C=O) groups excluding carboxylic acids is 2. The van der Waals surface area contributed by atoms with Crippen LogP contribution in [0, 0.1) is 6.92 Å². The molecule has 33 heavy (non-hydrogen) atoms. The van der Waals surface area contributed by atoms with Crippen molar-refractivity contribution in [1.29, 1.82) is 0 Å². The Balaban J connectivity index is 1.56. The highest BCUT2D eigenvalue weighted by Crippen LogP contribution is 2.37. The Labute approximate surface area is 193 Å². The lowest BCUT2D eigenvalue weighted by Gasteiger charge is -2.27. The van der Waals surface area contributed by atoms with E-state index in [0.717, 1.165) is 5.56 Å². The molecular weight excluding hydrogens is 446 g/mol. The van der Waals surface area contributed by atoms with Crippen LogP contribution < -0.4 is 20.1 Å². The molecule has 2 atom stereocenters. The lowest BCUT2D eigenvalue weighted by molar-refractivity contribution is -0.124. The van der Waals surface area contributed by atoms with E-state index in [0.29, 0.717) is 35.6 Å². The van der Waals surface area contributed by atoms with Gasteiger partial charge in [-0.1, -0.05) is 18.2 Å². The minimum Gasteiger partial charge on any atom is -0.496 e. The Morgan fingerprint density at radius 3 is 2.82 bits per heavy atom. The molecule has 2 aliphatic rings. The Bertz CT molecular complexity index is 1200. The van der Waals surface area contributed by atoms with Crippen LogP contribution in [0.15, 0.2) is 41.3 Å². The fourth-order valence-electron chi connectivity index (χ4n) is 4.19. The van der Waals surface area contributed by atoms with Gasteiger partial charge in [-0.05, 0) is 44.4 Å². The third-order valence-corrected chi connectivity index (χ3v) is 8.00. The summed E-state index contributed by atoms with van der Waals surface area (Å²) in [5, 5.41) is 5.57. The van der Waals surface area contributed by atoms with Crippen molar-refractivity contribution in [3.8, 4) is 11.5 Å². The number of benzene rings is 2. The van der Waals surface area contributed by atoms with Crippen LogP contribution in [0.5, 0.6) is 11.5 Å². The quantitative estimate of drug-likeness (QED) is 0.665. The highest BCUT2D eigenvalue weighted by atomic mass is 32.2. The van der Waals surface area contributed by atoms with E-state index in [1.54, 1.807) is 33.1 Å². The molecule has 1 saturated heterocycles. The Morgan fingerprint density at radius 2 is 2.06 bits per heavy atom. The third kappa shape index (κ3) is 4.40. The number of methoxy groups -OCH3 is 1. The maximum Gasteiger partial charge on any atom is 0.265 e. The van der Waals surface area contributed by atoms with Gasteiger partial charge in [0.1, 0.15) is 17.5 Å². The van der Waals surface area contributed by atoms with Crippen molar-refractivity contribution >= 4 is 27.5 Å². The van der Waals surface area contributed by atoms with Crippen LogP contribution in [0.2, 0.25) is 0 Å². The Hall–Kier alpha value is -3.11. The Morgan fingerprint density at radius 1 is 1.30 bits per heavy atom. The number of para-hydroxylation sites is 1. The fourth-order valence-corrected chi connectivity index (χ4v) is 6.07. The zero-order valence-electron chi connectivity index (χ0n) is 18.8. The zero-order valence-corrected chi connectivity index (χ0v) is 19.6. The van der Waals surface area contributed by atoms with Gasteiger partial charge in [0.05, 0.1) is 17.7 Å². The van der Waals surface area contributed by atoms with Gasteiger partial charge in [0.25, 0.3) is 5.91 Å². The van der Waals surface area contributed by atoms with Gasteiger partial charge in [0.15, 0.2) is 6.10 Å². The SMILES string of the molecule is COc1ccccc1CNC(=O)[C@@H]1CCCN1S(=O)(=O)c1cc2c(cc1C)NC(=O)[C@H](C)O2. The van der Waals surface area contributed by atoms with Crippen LogP contribution in [0.3, 0.4) is 0 Å². The molecule has 10 heteroatoms. The monoisotopic (exact) mass is 473 g/mol. The summed E-state index contributed by atoms with van der Waals surface area (Å²) in [6, 6.07) is 9.54. The van der Waals surface area contributed by atoms with E-state index in [2.05, 4.69) is 10.6 Å². The molecule has 176 valence electrons. The summed E-state index contributed by atoms with van der Waals surface area (Å²) >= 11 is 0. The van der Waals surface area contributed by atoms with Crippen molar-refractivity contribution in [1.82, 2.24) is 9.62 Å². The second-order valence-corrected chi connectivity index (χ2v) is 10.0. The van der Waals surface area contributed by atoms with Gasteiger partial charge in [-0.25, -0.2) is 8.42 Å². The van der Waals surface area contributed by atoms with Crippen LogP contribution in [0.1, 0.15) is 30.9 Å². The predicted molar refractivity (Wildman–Crippen MR) is 122 cm³/mol. The molecule has 2 N–H and O–H groups in total. The maximum atomic E-state index is 13.6. The summed E-state index contributed by atoms with van der Waals surface area (Å²) in [4.78, 5) is 24.9. The lowest BCUT2D eigenvalue weighted by atomic mass is 10.1. The lowest BCUT2D eigenvalue weighted by Crippen LogP contribution is -2.45. The fraction of sp³-hybridized carbons (Fsp3) is 0.391. The first-order chi connectivity index (χ1) is 15.7. The molecular formula is C23H27N3O6S. The van der Waals surface area contributed by atoms with Gasteiger partial charge in [0, 0.05) is 24.7 Å². The van der Waals surface area contributed by atoms with E-state index in [1.165, 1.54) is 10.4 Å². The largest absolute Gasteiger partial charge is 0.496 e. The molecule has 1 fully saturated rings. The predicted octanol–water partition coefficient (Wildman–Crippen LogP) is 2.19. The van der Waals surface area contributed by atoms with E-state index in [1.807, 2.05) is 18.2 Å². The number of ether oxygens (including phenoxy) is 2. The molecule has 0 spiro atoms. The molecule has 2 aromatic rings. The van der Waals surface area contributed by atoms with Gasteiger partial charge in [-0.2, -0.15) is 4.31 Å². The number of anilines is 1. The van der Waals surface area contributed by atoms with E-state index in [9.17, 15) is 18.0 Å². The first-order valence-corrected chi connectivity index (χ1v) is 12.2. The van der Waals surface area contributed by atoms with Crippen molar-refractivity contribution in [2.75, 3.05) is 19.0 Å². The third-order valence-electron chi connectivity index (χ3n) is 5.95. The van der Waals surface area contributed by atoms with Crippen molar-refractivity contribution in [3.05, 3.63) is 47.5 Å². The number of hydrogen-bond acceptors (Lipinski definition) is 6. The van der Waals surface area contributed by atoms with Gasteiger partial charge in [-0.3, -0.25) is 9.59 Å². The van der Waals surface area contributed by atoms with Crippen LogP contribution in [-0.2, 0) is 26.2 Å². The first kappa shape index (κ1) is 23.1. The standard InChI is InChI=1S/C23H27N3O6S/c1-14-11-17-20(32-15(2)22(27)25-17)12-21(14)33(29,30)26-10-6-8-18(26)23(28)24-13-16-7-4-5-9-19(16)31-3/h4-5,7,9,11-12,15,18H,6,8,10,13H2,1-3H3,(H,24,28)(H,25,27)/t15-,18-/m0/s1. The second kappa shape index (κ2) is 9.03. The molecule has 0 saturated carbocycles. The summed E-state index contributed by atoms with van der Waals surface area (Å²) in [6.07, 6.45) is 0.292. The zero-order chi connectivity index (χ0) is 23.8. The van der Waals surface area contributed by atoms with Gasteiger partial charge in [-0.15, -0.1) is 0 Å². The van der Waals surface area contributed by atoms with Gasteiger partial charge < -0.3 is 20.1 Å². The summed E-state index contributed by atoms with van der Waals surface area (Å²) in [7, 11) is -2.41. The number of rotatable bonds is 6. The first-order valence-electron chi connectivity index (χ1n) is 10.8. The molecule has 0 aliphatic carbocycles. The topological polar surface area (TPSA) is 114 Å². The normalized spacial score (nSPS) is 20.5. The van der Waals surface area contributed by atoms with Crippen LogP contribution in [-0.4, -0.2) is 50.3 Å². The van der Waals surface area contributed by atoms with Crippen LogP contribution in [0.25, 0.3) is 0 Å². The molecule has 2 aromatic carbocycles. The molecule has 0 radical (unpaired) electrons. The number of amides is 2. The van der Waals surface area contributed by atoms with E-state index >= 15 is 0 Å². The van der Waals surface area contributed by atoms with Crippen LogP contribution in [0.4, 0.5) is 5.69 Å². The van der Waals surface area contributed by atoms with Crippen molar-refractivity contribution in [2.45, 2.75) is 50.3 Å². The maximum absolute atomic E-state index is 13.6. The van der Waals surface area contributed by atoms with E-state index in [4.69, 9.17) is 9.47 Å². The number of nitrogens with zero attached hydrogens (tertiary/aromatic N) is 1. The van der Waals surface area contributed by atoms with Crippen molar-refractivity contribution < 1.29 is 27.5 Å². The number of nitrogens with one attached hydrogen (secondary N) is 2. The molecule has 9 nitrogen and oxygen atoms in total. The molecule has 0 aromatic heterocycles. The average molecular weight is 474 g/mol. The van der Waals surface area contributed by atoms with Crippen molar-refractivity contribution in [2.24, 2.45) is 0 Å². The van der Waals surface area contributed by atoms with E-state index < -0.39 is 22.2 Å². The molecule has 2 aliphatic heterocycles. The Kier molecular flexibility index (Phi) is 6.31. The summed E-state index contributed by atoms with van der Waals surface area (Å²) in [6.45, 7) is 3.73. The molecule has 2 amide bonds. The number of aryl methyl sites for hydroxylation is 1. The minimum absolute atomic E-state index is 0.0639. The highest BCUT2D eigenvalue weighted by Gasteiger charge is 2.40.